The van der Waals surface area contributed by atoms with Gasteiger partial charge in [0.05, 0.1) is 23.9 Å². The molecule has 5 heteroatoms. The SMILES string of the molecule is CSc1ccccc1-n1cncc1-c1cccnc1N. The van der Waals surface area contributed by atoms with Gasteiger partial charge in [0.15, 0.2) is 0 Å². The number of anilines is 1. The number of aromatic nitrogens is 3. The van der Waals surface area contributed by atoms with Gasteiger partial charge in [-0.15, -0.1) is 11.8 Å². The highest BCUT2D eigenvalue weighted by molar-refractivity contribution is 7.98. The maximum Gasteiger partial charge on any atom is 0.132 e. The van der Waals surface area contributed by atoms with Crippen molar-refractivity contribution in [1.82, 2.24) is 14.5 Å². The number of thioether (sulfide) groups is 1. The fourth-order valence-electron chi connectivity index (χ4n) is 2.15. The van der Waals surface area contributed by atoms with E-state index in [2.05, 4.69) is 28.4 Å². The van der Waals surface area contributed by atoms with Gasteiger partial charge in [0.2, 0.25) is 0 Å². The second-order valence-electron chi connectivity index (χ2n) is 4.26. The summed E-state index contributed by atoms with van der Waals surface area (Å²) in [6, 6.07) is 12.1. The molecular formula is C15H14N4S. The Morgan fingerprint density at radius 3 is 2.80 bits per heavy atom. The van der Waals surface area contributed by atoms with Crippen LogP contribution in [0.4, 0.5) is 5.82 Å². The highest BCUT2D eigenvalue weighted by Crippen LogP contribution is 2.30. The van der Waals surface area contributed by atoms with Crippen molar-refractivity contribution in [2.24, 2.45) is 0 Å². The van der Waals surface area contributed by atoms with E-state index in [1.807, 2.05) is 35.0 Å². The van der Waals surface area contributed by atoms with Crippen molar-refractivity contribution >= 4 is 17.6 Å². The predicted molar refractivity (Wildman–Crippen MR) is 83.0 cm³/mol. The quantitative estimate of drug-likeness (QED) is 0.749. The second-order valence-corrected chi connectivity index (χ2v) is 5.11. The third-order valence-electron chi connectivity index (χ3n) is 3.10. The first-order valence-corrected chi connectivity index (χ1v) is 7.40. The van der Waals surface area contributed by atoms with E-state index < -0.39 is 0 Å². The van der Waals surface area contributed by atoms with Crippen LogP contribution in [0.2, 0.25) is 0 Å². The summed E-state index contributed by atoms with van der Waals surface area (Å²) in [7, 11) is 0. The minimum absolute atomic E-state index is 0.510. The summed E-state index contributed by atoms with van der Waals surface area (Å²) in [5.74, 6) is 0.510. The summed E-state index contributed by atoms with van der Waals surface area (Å²) in [5, 5.41) is 0. The number of rotatable bonds is 3. The summed E-state index contributed by atoms with van der Waals surface area (Å²) in [6.45, 7) is 0. The molecule has 0 atom stereocenters. The molecule has 2 heterocycles. The lowest BCUT2D eigenvalue weighted by molar-refractivity contribution is 1.03. The summed E-state index contributed by atoms with van der Waals surface area (Å²) in [4.78, 5) is 9.59. The molecule has 2 aromatic heterocycles. The highest BCUT2D eigenvalue weighted by atomic mass is 32.2. The Morgan fingerprint density at radius 2 is 2.00 bits per heavy atom. The molecule has 0 saturated carbocycles. The second kappa shape index (κ2) is 5.38. The molecule has 0 saturated heterocycles. The normalized spacial score (nSPS) is 10.7. The van der Waals surface area contributed by atoms with Crippen LogP contribution in [0.5, 0.6) is 0 Å². The number of nitrogens with zero attached hydrogens (tertiary/aromatic N) is 3. The lowest BCUT2D eigenvalue weighted by Gasteiger charge is -2.12. The lowest BCUT2D eigenvalue weighted by Crippen LogP contribution is -2.00. The molecule has 3 aromatic rings. The average molecular weight is 282 g/mol. The summed E-state index contributed by atoms with van der Waals surface area (Å²) in [5.41, 5.74) is 8.90. The van der Waals surface area contributed by atoms with Gasteiger partial charge >= 0.3 is 0 Å². The molecule has 0 aliphatic rings. The van der Waals surface area contributed by atoms with E-state index in [-0.39, 0.29) is 0 Å². The van der Waals surface area contributed by atoms with Gasteiger partial charge in [-0.05, 0) is 30.5 Å². The predicted octanol–water partition coefficient (Wildman–Crippen LogP) is 3.24. The number of benzene rings is 1. The van der Waals surface area contributed by atoms with Gasteiger partial charge in [0.25, 0.3) is 0 Å². The molecule has 0 amide bonds. The molecular weight excluding hydrogens is 268 g/mol. The van der Waals surface area contributed by atoms with Crippen LogP contribution >= 0.6 is 11.8 Å². The van der Waals surface area contributed by atoms with Gasteiger partial charge in [0, 0.05) is 16.7 Å². The molecule has 3 rings (SSSR count). The smallest absolute Gasteiger partial charge is 0.132 e. The number of para-hydroxylation sites is 1. The monoisotopic (exact) mass is 282 g/mol. The number of imidazole rings is 1. The standard InChI is InChI=1S/C15H14N4S/c1-20-14-7-3-2-6-12(14)19-10-17-9-13(19)11-5-4-8-18-15(11)16/h2-10H,1H3,(H2,16,18). The van der Waals surface area contributed by atoms with Crippen molar-refractivity contribution < 1.29 is 0 Å². The number of nitrogen functional groups attached to an aromatic ring is 1. The molecule has 0 radical (unpaired) electrons. The topological polar surface area (TPSA) is 56.7 Å². The molecule has 2 N–H and O–H groups in total. The molecule has 0 bridgehead atoms. The van der Waals surface area contributed by atoms with Crippen LogP contribution in [0.25, 0.3) is 16.9 Å². The van der Waals surface area contributed by atoms with Crippen molar-refractivity contribution in [1.29, 1.82) is 0 Å². The van der Waals surface area contributed by atoms with Crippen LogP contribution in [0.1, 0.15) is 0 Å². The zero-order valence-electron chi connectivity index (χ0n) is 11.0. The Labute approximate surface area is 121 Å². The van der Waals surface area contributed by atoms with E-state index in [1.54, 1.807) is 24.3 Å². The third kappa shape index (κ3) is 2.16. The molecule has 1 aromatic carbocycles. The first-order chi connectivity index (χ1) is 9.81. The van der Waals surface area contributed by atoms with E-state index in [1.165, 1.54) is 4.90 Å². The molecule has 0 aliphatic carbocycles. The average Bonchev–Trinajstić information content (AvgIpc) is 2.96. The van der Waals surface area contributed by atoms with Crippen LogP contribution in [-0.2, 0) is 0 Å². The highest BCUT2D eigenvalue weighted by Gasteiger charge is 2.12. The van der Waals surface area contributed by atoms with Crippen LogP contribution < -0.4 is 5.73 Å². The van der Waals surface area contributed by atoms with Gasteiger partial charge in [0.1, 0.15) is 5.82 Å². The van der Waals surface area contributed by atoms with Crippen LogP contribution in [0.15, 0.2) is 60.0 Å². The minimum atomic E-state index is 0.510. The Balaban J connectivity index is 2.19. The number of pyridine rings is 1. The summed E-state index contributed by atoms with van der Waals surface area (Å²) >= 11 is 1.71. The van der Waals surface area contributed by atoms with Gasteiger partial charge in [-0.1, -0.05) is 12.1 Å². The van der Waals surface area contributed by atoms with Crippen molar-refractivity contribution in [3.05, 3.63) is 55.1 Å². The summed E-state index contributed by atoms with van der Waals surface area (Å²) in [6.07, 6.45) is 7.37. The molecule has 100 valence electrons. The minimum Gasteiger partial charge on any atom is -0.383 e. The molecule has 20 heavy (non-hydrogen) atoms. The lowest BCUT2D eigenvalue weighted by atomic mass is 10.2. The van der Waals surface area contributed by atoms with Crippen LogP contribution in [0, 0.1) is 0 Å². The van der Waals surface area contributed by atoms with Crippen molar-refractivity contribution in [2.75, 3.05) is 12.0 Å². The number of hydrogen-bond donors (Lipinski definition) is 1. The van der Waals surface area contributed by atoms with Crippen molar-refractivity contribution in [3.63, 3.8) is 0 Å². The first kappa shape index (κ1) is 12.7. The summed E-state index contributed by atoms with van der Waals surface area (Å²) < 4.78 is 2.04. The molecule has 0 spiro atoms. The van der Waals surface area contributed by atoms with E-state index in [0.717, 1.165) is 16.9 Å². The maximum absolute atomic E-state index is 5.97. The maximum atomic E-state index is 5.97. The largest absolute Gasteiger partial charge is 0.383 e. The van der Waals surface area contributed by atoms with Gasteiger partial charge in [-0.25, -0.2) is 9.97 Å². The molecule has 0 aliphatic heterocycles. The van der Waals surface area contributed by atoms with Gasteiger partial charge in [-0.2, -0.15) is 0 Å². The van der Waals surface area contributed by atoms with Gasteiger partial charge < -0.3 is 5.73 Å². The first-order valence-electron chi connectivity index (χ1n) is 6.18. The van der Waals surface area contributed by atoms with Gasteiger partial charge in [-0.3, -0.25) is 4.57 Å². The number of hydrogen-bond acceptors (Lipinski definition) is 4. The van der Waals surface area contributed by atoms with E-state index >= 15 is 0 Å². The number of nitrogens with two attached hydrogens (primary N) is 1. The molecule has 0 fully saturated rings. The Kier molecular flexibility index (Phi) is 3.43. The zero-order valence-corrected chi connectivity index (χ0v) is 11.8. The fraction of sp³-hybridized carbons (Fsp3) is 0.0667. The Hall–Kier alpha value is -2.27. The third-order valence-corrected chi connectivity index (χ3v) is 3.88. The van der Waals surface area contributed by atoms with Crippen LogP contribution in [-0.4, -0.2) is 20.8 Å². The van der Waals surface area contributed by atoms with E-state index in [4.69, 9.17) is 5.73 Å². The molecule has 4 nitrogen and oxygen atoms in total. The van der Waals surface area contributed by atoms with Crippen molar-refractivity contribution in [2.45, 2.75) is 4.90 Å². The van der Waals surface area contributed by atoms with Crippen LogP contribution in [0.3, 0.4) is 0 Å². The molecule has 0 unspecified atom stereocenters. The zero-order chi connectivity index (χ0) is 13.9. The fourth-order valence-corrected chi connectivity index (χ4v) is 2.74. The Morgan fingerprint density at radius 1 is 1.15 bits per heavy atom. The van der Waals surface area contributed by atoms with E-state index in [0.29, 0.717) is 5.82 Å². The Bertz CT molecular complexity index is 736. The van der Waals surface area contributed by atoms with Crippen molar-refractivity contribution in [3.8, 4) is 16.9 Å². The van der Waals surface area contributed by atoms with E-state index in [9.17, 15) is 0 Å².